The molecule has 0 amide bonds. The van der Waals surface area contributed by atoms with Crippen molar-refractivity contribution in [3.05, 3.63) is 0 Å². The van der Waals surface area contributed by atoms with E-state index in [1.54, 1.807) is 0 Å². The summed E-state index contributed by atoms with van der Waals surface area (Å²) in [7, 11) is -1.20. The number of carbonyl (C=O) groups excluding carboxylic acids is 2. The first-order valence-corrected chi connectivity index (χ1v) is 6.76. The maximum atomic E-state index is 11.4. The van der Waals surface area contributed by atoms with E-state index in [1.807, 2.05) is 0 Å². The molecule has 0 N–H and O–H groups in total. The molecular weight excluding hydrogens is 247 g/mol. The molecule has 0 aliphatic rings. The monoisotopic (exact) mass is 266 g/mol. The molecule has 0 heterocycles. The molecule has 0 saturated carbocycles. The summed E-state index contributed by atoms with van der Waals surface area (Å²) < 4.78 is 25.2. The van der Waals surface area contributed by atoms with Crippen LogP contribution < -0.4 is 0 Å². The Morgan fingerprint density at radius 3 is 2.06 bits per heavy atom. The van der Waals surface area contributed by atoms with Crippen molar-refractivity contribution >= 4 is 19.4 Å². The Kier molecular flexibility index (Phi) is 8.25. The van der Waals surface area contributed by atoms with Crippen LogP contribution in [0, 0.1) is 0 Å². The zero-order valence-corrected chi connectivity index (χ0v) is 11.3. The smallest absolute Gasteiger partial charge is 0.300 e. The van der Waals surface area contributed by atoms with Gasteiger partial charge in [-0.2, -0.15) is 0 Å². The number of hydrogen-bond acceptors (Lipinski definition) is 6. The predicted molar refractivity (Wildman–Crippen MR) is 61.7 cm³/mol. The first-order chi connectivity index (χ1) is 7.93. The van der Waals surface area contributed by atoms with E-state index in [1.165, 1.54) is 21.1 Å². The van der Waals surface area contributed by atoms with Gasteiger partial charge in [-0.15, -0.1) is 0 Å². The van der Waals surface area contributed by atoms with Crippen LogP contribution in [-0.4, -0.2) is 32.4 Å². The zero-order valence-electron chi connectivity index (χ0n) is 10.4. The van der Waals surface area contributed by atoms with Crippen LogP contribution in [0.4, 0.5) is 0 Å². The first-order valence-electron chi connectivity index (χ1n) is 5.30. The SMILES string of the molecule is COP(=O)(OC)OCC(=O)CCCCC(C)=O. The summed E-state index contributed by atoms with van der Waals surface area (Å²) in [6, 6.07) is 0. The Morgan fingerprint density at radius 1 is 1.06 bits per heavy atom. The third-order valence-corrected chi connectivity index (χ3v) is 3.41. The molecule has 0 fully saturated rings. The third-order valence-electron chi connectivity index (χ3n) is 2.07. The molecule has 0 unspecified atom stereocenters. The highest BCUT2D eigenvalue weighted by atomic mass is 31.2. The van der Waals surface area contributed by atoms with Crippen LogP contribution in [0.3, 0.4) is 0 Å². The lowest BCUT2D eigenvalue weighted by Crippen LogP contribution is -2.08. The lowest BCUT2D eigenvalue weighted by atomic mass is 10.1. The van der Waals surface area contributed by atoms with Crippen LogP contribution in [0.25, 0.3) is 0 Å². The standard InChI is InChI=1S/C10H19O6P/c1-9(11)6-4-5-7-10(12)8-16-17(13,14-2)15-3/h4-8H2,1-3H3. The van der Waals surface area contributed by atoms with Gasteiger partial charge in [0.05, 0.1) is 0 Å². The summed E-state index contributed by atoms with van der Waals surface area (Å²) in [4.78, 5) is 22.0. The van der Waals surface area contributed by atoms with Crippen LogP contribution in [0.1, 0.15) is 32.6 Å². The molecule has 0 aromatic heterocycles. The highest BCUT2D eigenvalue weighted by Crippen LogP contribution is 2.47. The maximum Gasteiger partial charge on any atom is 0.474 e. The van der Waals surface area contributed by atoms with Crippen molar-refractivity contribution in [2.24, 2.45) is 0 Å². The number of carbonyl (C=O) groups is 2. The molecule has 17 heavy (non-hydrogen) atoms. The van der Waals surface area contributed by atoms with Gasteiger partial charge in [-0.05, 0) is 19.8 Å². The number of phosphoric acid groups is 1. The number of ketones is 2. The summed E-state index contributed by atoms with van der Waals surface area (Å²) in [5.74, 6) is -0.0835. The van der Waals surface area contributed by atoms with Gasteiger partial charge in [0.1, 0.15) is 12.4 Å². The highest BCUT2D eigenvalue weighted by Gasteiger charge is 2.23. The quantitative estimate of drug-likeness (QED) is 0.445. The third kappa shape index (κ3) is 8.21. The van der Waals surface area contributed by atoms with Crippen LogP contribution in [-0.2, 0) is 27.7 Å². The van der Waals surface area contributed by atoms with Crippen molar-refractivity contribution in [3.63, 3.8) is 0 Å². The van der Waals surface area contributed by atoms with Gasteiger partial charge in [-0.3, -0.25) is 18.4 Å². The number of Topliss-reactive ketones (excluding diaryl/α,β-unsaturated/α-hetero) is 2. The number of rotatable bonds is 10. The predicted octanol–water partition coefficient (Wildman–Crippen LogP) is 2.12. The van der Waals surface area contributed by atoms with E-state index < -0.39 is 7.82 Å². The molecule has 100 valence electrons. The molecule has 0 aliphatic carbocycles. The van der Waals surface area contributed by atoms with E-state index in [9.17, 15) is 14.2 Å². The number of unbranched alkanes of at least 4 members (excludes halogenated alkanes) is 1. The van der Waals surface area contributed by atoms with Gasteiger partial charge < -0.3 is 4.79 Å². The van der Waals surface area contributed by atoms with Crippen molar-refractivity contribution in [2.75, 3.05) is 20.8 Å². The summed E-state index contributed by atoms with van der Waals surface area (Å²) in [6.07, 6.45) is 2.06. The van der Waals surface area contributed by atoms with E-state index in [-0.39, 0.29) is 18.2 Å². The fourth-order valence-electron chi connectivity index (χ4n) is 1.10. The van der Waals surface area contributed by atoms with Gasteiger partial charge in [0, 0.05) is 27.1 Å². The van der Waals surface area contributed by atoms with Crippen LogP contribution in [0.15, 0.2) is 0 Å². The Hall–Kier alpha value is -0.550. The van der Waals surface area contributed by atoms with Crippen LogP contribution in [0.2, 0.25) is 0 Å². The Balaban J connectivity index is 3.73. The second kappa shape index (κ2) is 8.53. The van der Waals surface area contributed by atoms with Crippen LogP contribution in [0.5, 0.6) is 0 Å². The van der Waals surface area contributed by atoms with Gasteiger partial charge in [0.25, 0.3) is 0 Å². The topological polar surface area (TPSA) is 78.9 Å². The molecule has 0 spiro atoms. The molecule has 0 atom stereocenters. The lowest BCUT2D eigenvalue weighted by Gasteiger charge is -2.12. The summed E-state index contributed by atoms with van der Waals surface area (Å²) in [6.45, 7) is 1.21. The Morgan fingerprint density at radius 2 is 1.59 bits per heavy atom. The maximum absolute atomic E-state index is 11.4. The average molecular weight is 266 g/mol. The molecule has 0 rings (SSSR count). The summed E-state index contributed by atoms with van der Waals surface area (Å²) in [5, 5.41) is 0. The van der Waals surface area contributed by atoms with E-state index in [2.05, 4.69) is 9.05 Å². The molecule has 6 nitrogen and oxygen atoms in total. The number of hydrogen-bond donors (Lipinski definition) is 0. The van der Waals surface area contributed by atoms with Crippen molar-refractivity contribution in [1.82, 2.24) is 0 Å². The summed E-state index contributed by atoms with van der Waals surface area (Å²) in [5.41, 5.74) is 0. The number of phosphoric ester groups is 1. The largest absolute Gasteiger partial charge is 0.474 e. The molecule has 0 bridgehead atoms. The van der Waals surface area contributed by atoms with Gasteiger partial charge in [-0.1, -0.05) is 0 Å². The molecule has 0 saturated heterocycles. The van der Waals surface area contributed by atoms with Crippen molar-refractivity contribution in [1.29, 1.82) is 0 Å². The molecule has 0 aliphatic heterocycles. The first kappa shape index (κ1) is 16.4. The van der Waals surface area contributed by atoms with Crippen molar-refractivity contribution < 1.29 is 27.7 Å². The molecule has 0 aromatic rings. The second-order valence-corrected chi connectivity index (χ2v) is 5.42. The Bertz CT molecular complexity index is 293. The van der Waals surface area contributed by atoms with Crippen molar-refractivity contribution in [3.8, 4) is 0 Å². The summed E-state index contributed by atoms with van der Waals surface area (Å²) >= 11 is 0. The van der Waals surface area contributed by atoms with Gasteiger partial charge in [0.2, 0.25) is 0 Å². The minimum atomic E-state index is -3.56. The molecule has 0 aromatic carbocycles. The van der Waals surface area contributed by atoms with E-state index in [4.69, 9.17) is 4.52 Å². The molecular formula is C10H19O6P. The molecule has 7 heteroatoms. The minimum Gasteiger partial charge on any atom is -0.300 e. The fraction of sp³-hybridized carbons (Fsp3) is 0.800. The normalized spacial score (nSPS) is 11.5. The van der Waals surface area contributed by atoms with Crippen molar-refractivity contribution in [2.45, 2.75) is 32.6 Å². The van der Waals surface area contributed by atoms with E-state index in [0.717, 1.165) is 0 Å². The molecule has 0 radical (unpaired) electrons. The van der Waals surface area contributed by atoms with Crippen LogP contribution >= 0.6 is 7.82 Å². The van der Waals surface area contributed by atoms with Gasteiger partial charge in [0.15, 0.2) is 5.78 Å². The van der Waals surface area contributed by atoms with E-state index >= 15 is 0 Å². The zero-order chi connectivity index (χ0) is 13.3. The van der Waals surface area contributed by atoms with E-state index in [0.29, 0.717) is 25.7 Å². The van der Waals surface area contributed by atoms with Gasteiger partial charge >= 0.3 is 7.82 Å². The van der Waals surface area contributed by atoms with Gasteiger partial charge in [-0.25, -0.2) is 4.57 Å². The Labute approximate surface area is 101 Å². The lowest BCUT2D eigenvalue weighted by molar-refractivity contribution is -0.122. The highest BCUT2D eigenvalue weighted by molar-refractivity contribution is 7.48. The average Bonchev–Trinajstić information content (AvgIpc) is 2.31. The second-order valence-electron chi connectivity index (χ2n) is 3.53. The minimum absolute atomic E-state index is 0.108. The fourth-order valence-corrected chi connectivity index (χ4v) is 1.76.